The fourth-order valence-corrected chi connectivity index (χ4v) is 1.84. The van der Waals surface area contributed by atoms with E-state index in [-0.39, 0.29) is 18.7 Å². The number of aliphatic hydroxyl groups is 3. The van der Waals surface area contributed by atoms with Crippen molar-refractivity contribution in [2.45, 2.75) is 32.2 Å². The van der Waals surface area contributed by atoms with Crippen LogP contribution >= 0.6 is 0 Å². The molecule has 1 unspecified atom stereocenters. The van der Waals surface area contributed by atoms with E-state index in [1.807, 2.05) is 0 Å². The molecular formula is C12H17N5O4. The van der Waals surface area contributed by atoms with Crippen LogP contribution in [0.4, 0.5) is 0 Å². The van der Waals surface area contributed by atoms with E-state index in [0.29, 0.717) is 24.2 Å². The fourth-order valence-electron chi connectivity index (χ4n) is 1.84. The first-order chi connectivity index (χ1) is 10.1. The van der Waals surface area contributed by atoms with Crippen LogP contribution in [-0.2, 0) is 26.1 Å². The first-order valence-electron chi connectivity index (χ1n) is 6.46. The summed E-state index contributed by atoms with van der Waals surface area (Å²) >= 11 is 0. The maximum Gasteiger partial charge on any atom is 0.256 e. The lowest BCUT2D eigenvalue weighted by molar-refractivity contribution is 0.0800. The summed E-state index contributed by atoms with van der Waals surface area (Å²) in [5.74, 6) is 0. The molecule has 2 heterocycles. The normalized spacial score (nSPS) is 12.5. The van der Waals surface area contributed by atoms with Crippen molar-refractivity contribution in [3.63, 3.8) is 0 Å². The third-order valence-corrected chi connectivity index (χ3v) is 2.95. The minimum atomic E-state index is -0.998. The third-order valence-electron chi connectivity index (χ3n) is 2.95. The van der Waals surface area contributed by atoms with E-state index >= 15 is 0 Å². The monoisotopic (exact) mass is 295 g/mol. The molecule has 2 aromatic rings. The number of rotatable bonds is 7. The lowest BCUT2D eigenvalue weighted by atomic mass is 10.2. The zero-order chi connectivity index (χ0) is 15.2. The van der Waals surface area contributed by atoms with E-state index in [9.17, 15) is 9.90 Å². The Bertz CT molecular complexity index is 639. The molecule has 0 saturated carbocycles. The van der Waals surface area contributed by atoms with Crippen LogP contribution < -0.4 is 5.56 Å². The van der Waals surface area contributed by atoms with Gasteiger partial charge in [0.05, 0.1) is 38.4 Å². The Balaban J connectivity index is 2.06. The Labute approximate surface area is 120 Å². The molecule has 0 radical (unpaired) electrons. The van der Waals surface area contributed by atoms with E-state index in [1.54, 1.807) is 6.20 Å². The molecule has 0 spiro atoms. The molecule has 0 aliphatic carbocycles. The van der Waals surface area contributed by atoms with Crippen LogP contribution in [0.3, 0.4) is 0 Å². The molecule has 0 fully saturated rings. The lowest BCUT2D eigenvalue weighted by Gasteiger charge is -2.10. The molecule has 0 aliphatic heterocycles. The predicted molar refractivity (Wildman–Crippen MR) is 71.2 cm³/mol. The van der Waals surface area contributed by atoms with Crippen LogP contribution in [0.25, 0.3) is 0 Å². The molecule has 3 N–H and O–H groups in total. The van der Waals surface area contributed by atoms with Crippen molar-refractivity contribution in [1.29, 1.82) is 0 Å². The average molecular weight is 295 g/mol. The summed E-state index contributed by atoms with van der Waals surface area (Å²) in [5, 5.41) is 34.7. The quantitative estimate of drug-likeness (QED) is 0.535. The van der Waals surface area contributed by atoms with E-state index < -0.39 is 12.7 Å². The second kappa shape index (κ2) is 7.07. The summed E-state index contributed by atoms with van der Waals surface area (Å²) in [6.07, 6.45) is 3.79. The van der Waals surface area contributed by atoms with Crippen LogP contribution in [0.15, 0.2) is 23.5 Å². The average Bonchev–Trinajstić information content (AvgIpc) is 2.96. The van der Waals surface area contributed by atoms with Gasteiger partial charge in [0.2, 0.25) is 0 Å². The standard InChI is InChI=1S/C12H17N5O4/c18-6-10-4-17(15-14-10)2-1-9-3-13-8-16(12(9)21)5-11(20)7-19/h3-4,8,11,18-20H,1-2,5-7H2. The van der Waals surface area contributed by atoms with Crippen molar-refractivity contribution in [2.75, 3.05) is 6.61 Å². The number of aryl methyl sites for hydroxylation is 2. The molecule has 0 saturated heterocycles. The Kier molecular flexibility index (Phi) is 5.14. The molecule has 21 heavy (non-hydrogen) atoms. The maximum absolute atomic E-state index is 12.1. The largest absolute Gasteiger partial charge is 0.394 e. The highest BCUT2D eigenvalue weighted by atomic mass is 16.3. The number of hydrogen-bond acceptors (Lipinski definition) is 7. The summed E-state index contributed by atoms with van der Waals surface area (Å²) in [4.78, 5) is 16.1. The van der Waals surface area contributed by atoms with Crippen molar-refractivity contribution in [2.24, 2.45) is 0 Å². The number of aliphatic hydroxyl groups excluding tert-OH is 3. The molecule has 2 rings (SSSR count). The number of hydrogen-bond donors (Lipinski definition) is 3. The van der Waals surface area contributed by atoms with Gasteiger partial charge in [0.15, 0.2) is 0 Å². The zero-order valence-electron chi connectivity index (χ0n) is 11.3. The molecule has 2 aromatic heterocycles. The van der Waals surface area contributed by atoms with Gasteiger partial charge in [-0.3, -0.25) is 14.0 Å². The lowest BCUT2D eigenvalue weighted by Crippen LogP contribution is -2.30. The van der Waals surface area contributed by atoms with Crippen molar-refractivity contribution in [1.82, 2.24) is 24.5 Å². The smallest absolute Gasteiger partial charge is 0.256 e. The van der Waals surface area contributed by atoms with Crippen LogP contribution in [-0.4, -0.2) is 52.6 Å². The van der Waals surface area contributed by atoms with E-state index in [1.165, 1.54) is 21.8 Å². The van der Waals surface area contributed by atoms with Gasteiger partial charge in [0.1, 0.15) is 5.69 Å². The first-order valence-corrected chi connectivity index (χ1v) is 6.46. The van der Waals surface area contributed by atoms with Crippen molar-refractivity contribution in [3.05, 3.63) is 40.3 Å². The molecular weight excluding hydrogens is 278 g/mol. The van der Waals surface area contributed by atoms with Crippen LogP contribution in [0.5, 0.6) is 0 Å². The van der Waals surface area contributed by atoms with Gasteiger partial charge in [-0.1, -0.05) is 5.21 Å². The second-order valence-electron chi connectivity index (χ2n) is 4.59. The van der Waals surface area contributed by atoms with Crippen LogP contribution in [0.1, 0.15) is 11.3 Å². The van der Waals surface area contributed by atoms with Gasteiger partial charge in [-0.25, -0.2) is 4.98 Å². The second-order valence-corrected chi connectivity index (χ2v) is 4.59. The van der Waals surface area contributed by atoms with Gasteiger partial charge in [0.25, 0.3) is 5.56 Å². The van der Waals surface area contributed by atoms with Gasteiger partial charge in [-0.2, -0.15) is 0 Å². The molecule has 0 aliphatic rings. The molecule has 0 aromatic carbocycles. The van der Waals surface area contributed by atoms with E-state index in [0.717, 1.165) is 0 Å². The Hall–Kier alpha value is -2.10. The van der Waals surface area contributed by atoms with Crippen molar-refractivity contribution < 1.29 is 15.3 Å². The van der Waals surface area contributed by atoms with Gasteiger partial charge < -0.3 is 15.3 Å². The van der Waals surface area contributed by atoms with Crippen molar-refractivity contribution in [3.8, 4) is 0 Å². The molecule has 0 bridgehead atoms. The van der Waals surface area contributed by atoms with Gasteiger partial charge in [-0.05, 0) is 6.42 Å². The minimum absolute atomic E-state index is 0.00579. The fraction of sp³-hybridized carbons (Fsp3) is 0.500. The molecule has 0 amide bonds. The number of nitrogens with zero attached hydrogens (tertiary/aromatic N) is 5. The zero-order valence-corrected chi connectivity index (χ0v) is 11.3. The molecule has 9 heteroatoms. The number of aromatic nitrogens is 5. The van der Waals surface area contributed by atoms with Crippen LogP contribution in [0.2, 0.25) is 0 Å². The highest BCUT2D eigenvalue weighted by molar-refractivity contribution is 5.05. The van der Waals surface area contributed by atoms with Crippen LogP contribution in [0, 0.1) is 0 Å². The minimum Gasteiger partial charge on any atom is -0.394 e. The van der Waals surface area contributed by atoms with Gasteiger partial charge in [0, 0.05) is 18.3 Å². The summed E-state index contributed by atoms with van der Waals surface area (Å²) in [5.41, 5.74) is 0.674. The summed E-state index contributed by atoms with van der Waals surface area (Å²) < 4.78 is 2.79. The van der Waals surface area contributed by atoms with E-state index in [4.69, 9.17) is 10.2 Å². The molecule has 9 nitrogen and oxygen atoms in total. The Morgan fingerprint density at radius 1 is 1.33 bits per heavy atom. The van der Waals surface area contributed by atoms with Gasteiger partial charge >= 0.3 is 0 Å². The SMILES string of the molecule is O=c1c(CCn2cc(CO)nn2)cncn1CC(O)CO. The molecule has 114 valence electrons. The van der Waals surface area contributed by atoms with Crippen molar-refractivity contribution >= 4 is 0 Å². The highest BCUT2D eigenvalue weighted by Crippen LogP contribution is 1.97. The highest BCUT2D eigenvalue weighted by Gasteiger charge is 2.09. The summed E-state index contributed by atoms with van der Waals surface area (Å²) in [6, 6.07) is 0. The predicted octanol–water partition coefficient (Wildman–Crippen LogP) is -2.08. The first kappa shape index (κ1) is 15.3. The Morgan fingerprint density at radius 2 is 2.14 bits per heavy atom. The van der Waals surface area contributed by atoms with Gasteiger partial charge in [-0.15, -0.1) is 5.10 Å². The van der Waals surface area contributed by atoms with E-state index in [2.05, 4.69) is 15.3 Å². The summed E-state index contributed by atoms with van der Waals surface area (Å²) in [7, 11) is 0. The summed E-state index contributed by atoms with van der Waals surface area (Å²) in [6.45, 7) is -0.178. The maximum atomic E-state index is 12.1. The third kappa shape index (κ3) is 3.94. The topological polar surface area (TPSA) is 126 Å². The Morgan fingerprint density at radius 3 is 2.81 bits per heavy atom. The molecule has 1 atom stereocenters.